The van der Waals surface area contributed by atoms with E-state index < -0.39 is 0 Å². The first kappa shape index (κ1) is 17.2. The molecule has 0 saturated heterocycles. The Hall–Kier alpha value is -3.26. The Morgan fingerprint density at radius 2 is 2.07 bits per heavy atom. The van der Waals surface area contributed by atoms with E-state index in [1.54, 1.807) is 10.7 Å². The van der Waals surface area contributed by atoms with Crippen molar-refractivity contribution >= 4 is 17.2 Å². The Labute approximate surface area is 159 Å². The maximum Gasteiger partial charge on any atom is 0.272 e. The first-order chi connectivity index (χ1) is 13.1. The van der Waals surface area contributed by atoms with Gasteiger partial charge in [0.15, 0.2) is 5.69 Å². The number of amides is 1. The van der Waals surface area contributed by atoms with Crippen molar-refractivity contribution in [1.82, 2.24) is 25.2 Å². The Kier molecular flexibility index (Phi) is 4.55. The predicted octanol–water partition coefficient (Wildman–Crippen LogP) is 3.44. The fraction of sp³-hybridized carbons (Fsp3) is 0.158. The molecule has 0 aliphatic heterocycles. The van der Waals surface area contributed by atoms with Crippen molar-refractivity contribution in [2.45, 2.75) is 13.5 Å². The number of carbonyl (C=O) groups excluding carboxylic acids is 1. The summed E-state index contributed by atoms with van der Waals surface area (Å²) in [6, 6.07) is 13.7. The molecule has 0 saturated carbocycles. The average molecular weight is 379 g/mol. The molecule has 8 heteroatoms. The SMILES string of the molecule is Cc1ccc(-c2cc(C(=O)NCc3nc(-c4cccs4)no3)nn2C)cc1. The fourth-order valence-electron chi connectivity index (χ4n) is 2.65. The highest BCUT2D eigenvalue weighted by Gasteiger charge is 2.15. The van der Waals surface area contributed by atoms with Crippen LogP contribution < -0.4 is 5.32 Å². The highest BCUT2D eigenvalue weighted by atomic mass is 32.1. The summed E-state index contributed by atoms with van der Waals surface area (Å²) in [5.74, 6) is 0.579. The first-order valence-corrected chi connectivity index (χ1v) is 9.24. The molecule has 3 aromatic heterocycles. The van der Waals surface area contributed by atoms with Gasteiger partial charge in [0.2, 0.25) is 11.7 Å². The van der Waals surface area contributed by atoms with Crippen molar-refractivity contribution in [3.8, 4) is 22.0 Å². The Bertz CT molecular complexity index is 1060. The van der Waals surface area contributed by atoms with Crippen LogP contribution in [0, 0.1) is 6.92 Å². The maximum absolute atomic E-state index is 12.4. The van der Waals surface area contributed by atoms with Crippen molar-refractivity contribution in [3.05, 3.63) is 65.0 Å². The van der Waals surface area contributed by atoms with Crippen LogP contribution in [0.1, 0.15) is 21.9 Å². The third-order valence-corrected chi connectivity index (χ3v) is 4.94. The number of aromatic nitrogens is 4. The normalized spacial score (nSPS) is 10.9. The highest BCUT2D eigenvalue weighted by Crippen LogP contribution is 2.22. The molecule has 0 bridgehead atoms. The second-order valence-corrected chi connectivity index (χ2v) is 7.02. The van der Waals surface area contributed by atoms with Crippen LogP contribution in [0.15, 0.2) is 52.4 Å². The summed E-state index contributed by atoms with van der Waals surface area (Å²) >= 11 is 1.53. The van der Waals surface area contributed by atoms with Gasteiger partial charge in [-0.15, -0.1) is 11.3 Å². The minimum absolute atomic E-state index is 0.146. The van der Waals surface area contributed by atoms with Crippen LogP contribution in [0.3, 0.4) is 0 Å². The summed E-state index contributed by atoms with van der Waals surface area (Å²) < 4.78 is 6.88. The van der Waals surface area contributed by atoms with Gasteiger partial charge in [0.25, 0.3) is 5.91 Å². The van der Waals surface area contributed by atoms with Crippen LogP contribution in [0.5, 0.6) is 0 Å². The molecule has 1 N–H and O–H groups in total. The smallest absolute Gasteiger partial charge is 0.272 e. The van der Waals surface area contributed by atoms with Crippen LogP contribution in [0.2, 0.25) is 0 Å². The molecule has 1 aromatic carbocycles. The molecule has 7 nitrogen and oxygen atoms in total. The zero-order valence-electron chi connectivity index (χ0n) is 14.8. The summed E-state index contributed by atoms with van der Waals surface area (Å²) in [5, 5.41) is 12.9. The van der Waals surface area contributed by atoms with Gasteiger partial charge in [-0.2, -0.15) is 10.1 Å². The van der Waals surface area contributed by atoms with Crippen LogP contribution in [-0.4, -0.2) is 25.8 Å². The van der Waals surface area contributed by atoms with E-state index in [-0.39, 0.29) is 12.5 Å². The van der Waals surface area contributed by atoms with Gasteiger partial charge in [0.05, 0.1) is 17.1 Å². The highest BCUT2D eigenvalue weighted by molar-refractivity contribution is 7.13. The monoisotopic (exact) mass is 379 g/mol. The lowest BCUT2D eigenvalue weighted by Crippen LogP contribution is -2.23. The molecule has 4 rings (SSSR count). The summed E-state index contributed by atoms with van der Waals surface area (Å²) in [4.78, 5) is 17.6. The second kappa shape index (κ2) is 7.16. The number of nitrogens with zero attached hydrogens (tertiary/aromatic N) is 4. The Balaban J connectivity index is 1.44. The van der Waals surface area contributed by atoms with Gasteiger partial charge in [-0.3, -0.25) is 9.48 Å². The number of benzene rings is 1. The molecule has 136 valence electrons. The van der Waals surface area contributed by atoms with Gasteiger partial charge in [-0.25, -0.2) is 0 Å². The molecule has 0 atom stereocenters. The van der Waals surface area contributed by atoms with E-state index in [1.165, 1.54) is 16.9 Å². The molecule has 0 unspecified atom stereocenters. The molecular formula is C19H17N5O2S. The average Bonchev–Trinajstić information content (AvgIpc) is 3.41. The topological polar surface area (TPSA) is 85.8 Å². The standard InChI is InChI=1S/C19H17N5O2S/c1-12-5-7-13(8-6-12)15-10-14(22-24(15)2)19(25)20-11-17-21-18(23-26-17)16-4-3-9-27-16/h3-10H,11H2,1-2H3,(H,20,25). The number of carbonyl (C=O) groups is 1. The van der Waals surface area contributed by atoms with Crippen molar-refractivity contribution in [2.75, 3.05) is 0 Å². The number of rotatable bonds is 5. The van der Waals surface area contributed by atoms with E-state index >= 15 is 0 Å². The van der Waals surface area contributed by atoms with E-state index in [0.717, 1.165) is 16.1 Å². The minimum atomic E-state index is -0.292. The van der Waals surface area contributed by atoms with Gasteiger partial charge in [-0.05, 0) is 30.0 Å². The van der Waals surface area contributed by atoms with E-state index in [0.29, 0.717) is 17.4 Å². The number of hydrogen-bond donors (Lipinski definition) is 1. The lowest BCUT2D eigenvalue weighted by atomic mass is 10.1. The molecule has 0 spiro atoms. The number of aryl methyl sites for hydroxylation is 2. The summed E-state index contributed by atoms with van der Waals surface area (Å²) in [6.45, 7) is 2.18. The minimum Gasteiger partial charge on any atom is -0.342 e. The molecule has 0 fully saturated rings. The number of thiophene rings is 1. The third kappa shape index (κ3) is 3.65. The Morgan fingerprint density at radius 3 is 2.81 bits per heavy atom. The number of hydrogen-bond acceptors (Lipinski definition) is 6. The summed E-state index contributed by atoms with van der Waals surface area (Å²) in [7, 11) is 1.82. The summed E-state index contributed by atoms with van der Waals surface area (Å²) in [6.07, 6.45) is 0. The van der Waals surface area contributed by atoms with Crippen molar-refractivity contribution < 1.29 is 9.32 Å². The van der Waals surface area contributed by atoms with Crippen LogP contribution >= 0.6 is 11.3 Å². The molecule has 0 radical (unpaired) electrons. The molecule has 27 heavy (non-hydrogen) atoms. The Morgan fingerprint density at radius 1 is 1.26 bits per heavy atom. The first-order valence-electron chi connectivity index (χ1n) is 8.36. The van der Waals surface area contributed by atoms with E-state index in [2.05, 4.69) is 20.6 Å². The predicted molar refractivity (Wildman–Crippen MR) is 102 cm³/mol. The van der Waals surface area contributed by atoms with Gasteiger partial charge in [-0.1, -0.05) is 41.1 Å². The van der Waals surface area contributed by atoms with Crippen molar-refractivity contribution in [3.63, 3.8) is 0 Å². The largest absolute Gasteiger partial charge is 0.342 e. The third-order valence-electron chi connectivity index (χ3n) is 4.07. The lowest BCUT2D eigenvalue weighted by molar-refractivity contribution is 0.0940. The summed E-state index contributed by atoms with van der Waals surface area (Å²) in [5.41, 5.74) is 3.40. The van der Waals surface area contributed by atoms with Crippen LogP contribution in [0.25, 0.3) is 22.0 Å². The van der Waals surface area contributed by atoms with Gasteiger partial charge >= 0.3 is 0 Å². The molecule has 3 heterocycles. The molecule has 0 aliphatic carbocycles. The van der Waals surface area contributed by atoms with E-state index in [4.69, 9.17) is 4.52 Å². The van der Waals surface area contributed by atoms with E-state index in [9.17, 15) is 4.79 Å². The van der Waals surface area contributed by atoms with Crippen LogP contribution in [0.4, 0.5) is 0 Å². The van der Waals surface area contributed by atoms with Crippen LogP contribution in [-0.2, 0) is 13.6 Å². The zero-order chi connectivity index (χ0) is 18.8. The second-order valence-electron chi connectivity index (χ2n) is 6.08. The maximum atomic E-state index is 12.4. The van der Waals surface area contributed by atoms with E-state index in [1.807, 2.05) is 55.7 Å². The molecule has 4 aromatic rings. The van der Waals surface area contributed by atoms with Crippen molar-refractivity contribution in [2.24, 2.45) is 7.05 Å². The zero-order valence-corrected chi connectivity index (χ0v) is 15.7. The molecule has 0 aliphatic rings. The molecule has 1 amide bonds. The van der Waals surface area contributed by atoms with Crippen molar-refractivity contribution in [1.29, 1.82) is 0 Å². The quantitative estimate of drug-likeness (QED) is 0.574. The fourth-order valence-corrected chi connectivity index (χ4v) is 3.30. The van der Waals surface area contributed by atoms with Gasteiger partial charge in [0.1, 0.15) is 0 Å². The number of nitrogens with one attached hydrogen (secondary N) is 1. The van der Waals surface area contributed by atoms with Gasteiger partial charge in [0, 0.05) is 7.05 Å². The molecular weight excluding hydrogens is 362 g/mol. The lowest BCUT2D eigenvalue weighted by Gasteiger charge is -2.01. The van der Waals surface area contributed by atoms with Gasteiger partial charge < -0.3 is 9.84 Å².